The van der Waals surface area contributed by atoms with Gasteiger partial charge < -0.3 is 5.32 Å². The number of rotatable bonds is 3. The molecule has 16 heavy (non-hydrogen) atoms. The number of nitrogens with zero attached hydrogens (tertiary/aromatic N) is 1. The highest BCUT2D eigenvalue weighted by molar-refractivity contribution is 4.90. The fraction of sp³-hybridized carbons (Fsp3) is 1.00. The summed E-state index contributed by atoms with van der Waals surface area (Å²) in [7, 11) is 2.10. The molecule has 0 aromatic heterocycles. The standard InChI is InChI=1S/C14H28N2/c1-4-12-5-6-14(11(12)2)16-9-7-13(15-3)8-10-16/h11-15H,4-10H2,1-3H3. The van der Waals surface area contributed by atoms with Crippen LogP contribution in [0.3, 0.4) is 0 Å². The Morgan fingerprint density at radius 1 is 1.12 bits per heavy atom. The van der Waals surface area contributed by atoms with Gasteiger partial charge in [-0.05, 0) is 57.7 Å². The average molecular weight is 224 g/mol. The van der Waals surface area contributed by atoms with Crippen LogP contribution in [0.1, 0.15) is 46.0 Å². The summed E-state index contributed by atoms with van der Waals surface area (Å²) in [6.07, 6.45) is 6.98. The van der Waals surface area contributed by atoms with Crippen molar-refractivity contribution in [1.29, 1.82) is 0 Å². The van der Waals surface area contributed by atoms with E-state index in [-0.39, 0.29) is 0 Å². The van der Waals surface area contributed by atoms with Crippen molar-refractivity contribution in [2.24, 2.45) is 11.8 Å². The van der Waals surface area contributed by atoms with Crippen molar-refractivity contribution in [2.75, 3.05) is 20.1 Å². The Morgan fingerprint density at radius 2 is 1.81 bits per heavy atom. The van der Waals surface area contributed by atoms with Gasteiger partial charge in [-0.15, -0.1) is 0 Å². The van der Waals surface area contributed by atoms with Crippen LogP contribution in [-0.4, -0.2) is 37.1 Å². The van der Waals surface area contributed by atoms with Crippen LogP contribution in [0, 0.1) is 11.8 Å². The van der Waals surface area contributed by atoms with Crippen molar-refractivity contribution < 1.29 is 0 Å². The summed E-state index contributed by atoms with van der Waals surface area (Å²) in [6.45, 7) is 7.47. The second-order valence-corrected chi connectivity index (χ2v) is 5.77. The van der Waals surface area contributed by atoms with E-state index < -0.39 is 0 Å². The lowest BCUT2D eigenvalue weighted by molar-refractivity contribution is 0.115. The predicted octanol–water partition coefficient (Wildman–Crippen LogP) is 2.49. The molecular formula is C14H28N2. The Hall–Kier alpha value is -0.0800. The summed E-state index contributed by atoms with van der Waals surface area (Å²) >= 11 is 0. The highest BCUT2D eigenvalue weighted by Crippen LogP contribution is 2.37. The van der Waals surface area contributed by atoms with Crippen LogP contribution in [0.5, 0.6) is 0 Å². The molecule has 1 heterocycles. The van der Waals surface area contributed by atoms with Crippen molar-refractivity contribution in [3.8, 4) is 0 Å². The molecule has 1 saturated carbocycles. The van der Waals surface area contributed by atoms with Gasteiger partial charge in [0.2, 0.25) is 0 Å². The van der Waals surface area contributed by atoms with Crippen LogP contribution in [0.4, 0.5) is 0 Å². The lowest BCUT2D eigenvalue weighted by Crippen LogP contribution is -2.47. The van der Waals surface area contributed by atoms with Gasteiger partial charge in [-0.25, -0.2) is 0 Å². The first-order valence-corrected chi connectivity index (χ1v) is 7.17. The first-order valence-electron chi connectivity index (χ1n) is 7.17. The number of likely N-dealkylation sites (tertiary alicyclic amines) is 1. The highest BCUT2D eigenvalue weighted by atomic mass is 15.2. The van der Waals surface area contributed by atoms with Crippen molar-refractivity contribution in [2.45, 2.75) is 58.0 Å². The molecule has 0 bridgehead atoms. The molecule has 1 aliphatic carbocycles. The molecule has 0 aromatic rings. The van der Waals surface area contributed by atoms with Gasteiger partial charge in [-0.3, -0.25) is 4.90 Å². The van der Waals surface area contributed by atoms with E-state index in [9.17, 15) is 0 Å². The SMILES string of the molecule is CCC1CCC(N2CCC(NC)CC2)C1C. The molecule has 1 N–H and O–H groups in total. The third-order valence-electron chi connectivity index (χ3n) is 5.11. The molecule has 3 atom stereocenters. The number of piperidine rings is 1. The maximum absolute atomic E-state index is 3.42. The third-order valence-corrected chi connectivity index (χ3v) is 5.11. The maximum Gasteiger partial charge on any atom is 0.0124 e. The van der Waals surface area contributed by atoms with Gasteiger partial charge in [0.15, 0.2) is 0 Å². The van der Waals surface area contributed by atoms with Crippen molar-refractivity contribution in [3.63, 3.8) is 0 Å². The van der Waals surface area contributed by atoms with Crippen LogP contribution in [0.15, 0.2) is 0 Å². The van der Waals surface area contributed by atoms with Gasteiger partial charge in [0.25, 0.3) is 0 Å². The molecule has 0 amide bonds. The molecule has 3 unspecified atom stereocenters. The zero-order valence-corrected chi connectivity index (χ0v) is 11.2. The Bertz CT molecular complexity index is 209. The number of hydrogen-bond donors (Lipinski definition) is 1. The summed E-state index contributed by atoms with van der Waals surface area (Å²) in [5.74, 6) is 1.92. The summed E-state index contributed by atoms with van der Waals surface area (Å²) < 4.78 is 0. The Balaban J connectivity index is 1.85. The van der Waals surface area contributed by atoms with Gasteiger partial charge in [0, 0.05) is 12.1 Å². The van der Waals surface area contributed by atoms with Crippen LogP contribution < -0.4 is 5.32 Å². The minimum absolute atomic E-state index is 0.773. The van der Waals surface area contributed by atoms with Crippen LogP contribution in [0.25, 0.3) is 0 Å². The molecule has 2 fully saturated rings. The Kier molecular flexibility index (Phi) is 4.26. The summed E-state index contributed by atoms with van der Waals surface area (Å²) in [4.78, 5) is 2.77. The molecular weight excluding hydrogens is 196 g/mol. The van der Waals surface area contributed by atoms with E-state index in [2.05, 4.69) is 31.1 Å². The fourth-order valence-corrected chi connectivity index (χ4v) is 3.84. The molecule has 2 aliphatic rings. The predicted molar refractivity (Wildman–Crippen MR) is 69.6 cm³/mol. The van der Waals surface area contributed by atoms with Gasteiger partial charge in [0.1, 0.15) is 0 Å². The lowest BCUT2D eigenvalue weighted by atomic mass is 9.91. The summed E-state index contributed by atoms with van der Waals surface area (Å²) in [5.41, 5.74) is 0. The molecule has 2 heteroatoms. The fourth-order valence-electron chi connectivity index (χ4n) is 3.84. The van der Waals surface area contributed by atoms with E-state index in [0.29, 0.717) is 0 Å². The Labute approximate surface area is 101 Å². The van der Waals surface area contributed by atoms with Crippen LogP contribution in [-0.2, 0) is 0 Å². The van der Waals surface area contributed by atoms with E-state index in [1.54, 1.807) is 0 Å². The molecule has 0 radical (unpaired) electrons. The molecule has 1 saturated heterocycles. The van der Waals surface area contributed by atoms with E-state index in [0.717, 1.165) is 23.9 Å². The van der Waals surface area contributed by atoms with Crippen LogP contribution >= 0.6 is 0 Å². The summed E-state index contributed by atoms with van der Waals surface area (Å²) in [5, 5.41) is 3.42. The van der Waals surface area contributed by atoms with Gasteiger partial charge in [-0.1, -0.05) is 20.3 Å². The average Bonchev–Trinajstić information content (AvgIpc) is 2.70. The minimum Gasteiger partial charge on any atom is -0.317 e. The molecule has 94 valence electrons. The van der Waals surface area contributed by atoms with E-state index in [1.807, 2.05) is 0 Å². The second kappa shape index (κ2) is 5.50. The van der Waals surface area contributed by atoms with E-state index in [1.165, 1.54) is 45.2 Å². The quantitative estimate of drug-likeness (QED) is 0.792. The van der Waals surface area contributed by atoms with Gasteiger partial charge in [0.05, 0.1) is 0 Å². The lowest BCUT2D eigenvalue weighted by Gasteiger charge is -2.38. The molecule has 0 aromatic carbocycles. The van der Waals surface area contributed by atoms with Crippen molar-refractivity contribution in [3.05, 3.63) is 0 Å². The zero-order valence-electron chi connectivity index (χ0n) is 11.2. The molecule has 2 nitrogen and oxygen atoms in total. The Morgan fingerprint density at radius 3 is 2.31 bits per heavy atom. The number of nitrogens with one attached hydrogen (secondary N) is 1. The topological polar surface area (TPSA) is 15.3 Å². The van der Waals surface area contributed by atoms with Crippen LogP contribution in [0.2, 0.25) is 0 Å². The molecule has 2 rings (SSSR count). The van der Waals surface area contributed by atoms with E-state index in [4.69, 9.17) is 0 Å². The van der Waals surface area contributed by atoms with Gasteiger partial charge >= 0.3 is 0 Å². The first kappa shape index (κ1) is 12.4. The molecule has 0 spiro atoms. The third kappa shape index (κ3) is 2.43. The first-order chi connectivity index (χ1) is 7.76. The highest BCUT2D eigenvalue weighted by Gasteiger charge is 2.36. The van der Waals surface area contributed by atoms with Gasteiger partial charge in [-0.2, -0.15) is 0 Å². The number of hydrogen-bond acceptors (Lipinski definition) is 2. The van der Waals surface area contributed by atoms with Crippen molar-refractivity contribution in [1.82, 2.24) is 10.2 Å². The maximum atomic E-state index is 3.42. The normalized spacial score (nSPS) is 38.1. The second-order valence-electron chi connectivity index (χ2n) is 5.77. The monoisotopic (exact) mass is 224 g/mol. The van der Waals surface area contributed by atoms with Crippen molar-refractivity contribution >= 4 is 0 Å². The molecule has 1 aliphatic heterocycles. The largest absolute Gasteiger partial charge is 0.317 e. The minimum atomic E-state index is 0.773. The zero-order chi connectivity index (χ0) is 11.5. The smallest absolute Gasteiger partial charge is 0.0124 e. The van der Waals surface area contributed by atoms with E-state index >= 15 is 0 Å². The summed E-state index contributed by atoms with van der Waals surface area (Å²) in [6, 6.07) is 1.66.